The molecule has 0 bridgehead atoms. The number of fused-ring (bicyclic) bond motifs is 1. The fourth-order valence-corrected chi connectivity index (χ4v) is 2.70. The summed E-state index contributed by atoms with van der Waals surface area (Å²) >= 11 is 0. The second-order valence-electron chi connectivity index (χ2n) is 4.80. The molecule has 0 radical (unpaired) electrons. The first-order valence-electron chi connectivity index (χ1n) is 6.40. The number of rotatable bonds is 2. The van der Waals surface area contributed by atoms with E-state index >= 15 is 0 Å². The molecule has 3 nitrogen and oxygen atoms in total. The Labute approximate surface area is 112 Å². The summed E-state index contributed by atoms with van der Waals surface area (Å²) in [4.78, 5) is 2.26. The van der Waals surface area contributed by atoms with Crippen LogP contribution in [0.1, 0.15) is 16.7 Å². The van der Waals surface area contributed by atoms with Crippen molar-refractivity contribution < 1.29 is 0 Å². The number of benzene rings is 2. The van der Waals surface area contributed by atoms with Crippen LogP contribution in [-0.4, -0.2) is 6.54 Å². The van der Waals surface area contributed by atoms with Gasteiger partial charge in [0.2, 0.25) is 0 Å². The van der Waals surface area contributed by atoms with Gasteiger partial charge in [-0.15, -0.1) is 0 Å². The fourth-order valence-electron chi connectivity index (χ4n) is 2.70. The minimum atomic E-state index is 0.741. The van der Waals surface area contributed by atoms with Gasteiger partial charge in [-0.25, -0.2) is 0 Å². The molecule has 0 saturated heterocycles. The Kier molecular flexibility index (Phi) is 2.85. The summed E-state index contributed by atoms with van der Waals surface area (Å²) in [6, 6.07) is 16.1. The van der Waals surface area contributed by atoms with Crippen LogP contribution in [0.3, 0.4) is 0 Å². The first-order chi connectivity index (χ1) is 9.29. The molecule has 0 unspecified atom stereocenters. The van der Waals surface area contributed by atoms with Crippen molar-refractivity contribution >= 4 is 11.4 Å². The molecule has 0 fully saturated rings. The van der Waals surface area contributed by atoms with E-state index < -0.39 is 0 Å². The van der Waals surface area contributed by atoms with Crippen LogP contribution in [0.25, 0.3) is 0 Å². The SMILES string of the molecule is N#Cc1ccccc1CN1CCc2cccc(N)c21. The van der Waals surface area contributed by atoms with E-state index in [0.29, 0.717) is 0 Å². The van der Waals surface area contributed by atoms with E-state index in [1.54, 1.807) is 0 Å². The number of nitriles is 1. The van der Waals surface area contributed by atoms with Crippen LogP contribution in [0.4, 0.5) is 11.4 Å². The number of nitrogens with two attached hydrogens (primary N) is 1. The van der Waals surface area contributed by atoms with Crippen LogP contribution in [0.5, 0.6) is 0 Å². The highest BCUT2D eigenvalue weighted by Gasteiger charge is 2.21. The molecule has 0 aromatic heterocycles. The van der Waals surface area contributed by atoms with Crippen molar-refractivity contribution in [3.05, 3.63) is 59.2 Å². The Hall–Kier alpha value is -2.47. The van der Waals surface area contributed by atoms with Crippen LogP contribution in [0, 0.1) is 11.3 Å². The third kappa shape index (κ3) is 2.02. The van der Waals surface area contributed by atoms with Crippen LogP contribution in [-0.2, 0) is 13.0 Å². The minimum absolute atomic E-state index is 0.741. The molecule has 3 heteroatoms. The third-order valence-corrected chi connectivity index (χ3v) is 3.62. The van der Waals surface area contributed by atoms with E-state index in [2.05, 4.69) is 17.0 Å². The van der Waals surface area contributed by atoms with Crippen molar-refractivity contribution in [2.45, 2.75) is 13.0 Å². The number of hydrogen-bond donors (Lipinski definition) is 1. The predicted molar refractivity (Wildman–Crippen MR) is 76.8 cm³/mol. The van der Waals surface area contributed by atoms with E-state index in [1.165, 1.54) is 5.56 Å². The molecule has 3 rings (SSSR count). The fraction of sp³-hybridized carbons (Fsp3) is 0.188. The first kappa shape index (κ1) is 11.6. The highest BCUT2D eigenvalue weighted by Crippen LogP contribution is 2.34. The van der Waals surface area contributed by atoms with Crippen molar-refractivity contribution in [1.82, 2.24) is 0 Å². The summed E-state index contributed by atoms with van der Waals surface area (Å²) in [6.07, 6.45) is 1.02. The lowest BCUT2D eigenvalue weighted by molar-refractivity contribution is 0.835. The van der Waals surface area contributed by atoms with Gasteiger partial charge in [0.1, 0.15) is 0 Å². The molecule has 1 aliphatic heterocycles. The van der Waals surface area contributed by atoms with Gasteiger partial charge in [-0.2, -0.15) is 5.26 Å². The van der Waals surface area contributed by atoms with Crippen molar-refractivity contribution in [3.63, 3.8) is 0 Å². The second kappa shape index (κ2) is 4.66. The monoisotopic (exact) mass is 249 g/mol. The molecule has 0 spiro atoms. The van der Waals surface area contributed by atoms with Gasteiger partial charge in [0.05, 0.1) is 23.0 Å². The Morgan fingerprint density at radius 2 is 2.00 bits per heavy atom. The summed E-state index contributed by atoms with van der Waals surface area (Å²) < 4.78 is 0. The molecule has 1 heterocycles. The zero-order valence-corrected chi connectivity index (χ0v) is 10.6. The quantitative estimate of drug-likeness (QED) is 0.832. The Morgan fingerprint density at radius 1 is 1.16 bits per heavy atom. The normalized spacial score (nSPS) is 13.1. The largest absolute Gasteiger partial charge is 0.397 e. The molecule has 1 aliphatic rings. The number of anilines is 2. The average Bonchev–Trinajstić information content (AvgIpc) is 2.84. The molecule has 19 heavy (non-hydrogen) atoms. The van der Waals surface area contributed by atoms with Gasteiger partial charge in [0.25, 0.3) is 0 Å². The lowest BCUT2D eigenvalue weighted by atomic mass is 10.1. The summed E-state index contributed by atoms with van der Waals surface area (Å²) in [6.45, 7) is 1.70. The highest BCUT2D eigenvalue weighted by atomic mass is 15.2. The maximum atomic E-state index is 9.15. The molecular weight excluding hydrogens is 234 g/mol. The van der Waals surface area contributed by atoms with Crippen molar-refractivity contribution in [2.75, 3.05) is 17.2 Å². The van der Waals surface area contributed by atoms with Gasteiger partial charge in [-0.1, -0.05) is 30.3 Å². The Balaban J connectivity index is 1.94. The van der Waals surface area contributed by atoms with Crippen LogP contribution in [0.15, 0.2) is 42.5 Å². The smallest absolute Gasteiger partial charge is 0.0995 e. The number of hydrogen-bond acceptors (Lipinski definition) is 3. The van der Waals surface area contributed by atoms with Gasteiger partial charge in [0.15, 0.2) is 0 Å². The van der Waals surface area contributed by atoms with E-state index in [0.717, 1.165) is 42.0 Å². The molecule has 0 amide bonds. The van der Waals surface area contributed by atoms with E-state index in [1.807, 2.05) is 36.4 Å². The van der Waals surface area contributed by atoms with Crippen molar-refractivity contribution in [3.8, 4) is 6.07 Å². The summed E-state index contributed by atoms with van der Waals surface area (Å²) in [7, 11) is 0. The standard InChI is InChI=1S/C16H15N3/c17-10-13-4-1-2-5-14(13)11-19-9-8-12-6-3-7-15(18)16(12)19/h1-7H,8-9,11,18H2. The van der Waals surface area contributed by atoms with Gasteiger partial charge in [0, 0.05) is 13.1 Å². The maximum absolute atomic E-state index is 9.15. The molecule has 0 saturated carbocycles. The lowest BCUT2D eigenvalue weighted by Crippen LogP contribution is -2.21. The molecule has 2 N–H and O–H groups in total. The van der Waals surface area contributed by atoms with Crippen LogP contribution in [0.2, 0.25) is 0 Å². The average molecular weight is 249 g/mol. The first-order valence-corrected chi connectivity index (χ1v) is 6.40. The minimum Gasteiger partial charge on any atom is -0.397 e. The zero-order valence-electron chi connectivity index (χ0n) is 10.6. The summed E-state index contributed by atoms with van der Waals surface area (Å²) in [5, 5.41) is 9.15. The summed E-state index contributed by atoms with van der Waals surface area (Å²) in [5.41, 5.74) is 11.1. The van der Waals surface area contributed by atoms with E-state index in [4.69, 9.17) is 11.0 Å². The molecule has 2 aromatic carbocycles. The predicted octanol–water partition coefficient (Wildman–Crippen LogP) is 2.70. The highest BCUT2D eigenvalue weighted by molar-refractivity contribution is 5.74. The second-order valence-corrected chi connectivity index (χ2v) is 4.80. The molecule has 94 valence electrons. The van der Waals surface area contributed by atoms with E-state index in [-0.39, 0.29) is 0 Å². The van der Waals surface area contributed by atoms with Gasteiger partial charge in [-0.3, -0.25) is 0 Å². The number of nitrogen functional groups attached to an aromatic ring is 1. The molecule has 0 aliphatic carbocycles. The molecular formula is C16H15N3. The van der Waals surface area contributed by atoms with Gasteiger partial charge < -0.3 is 10.6 Å². The topological polar surface area (TPSA) is 53.0 Å². The molecule has 0 atom stereocenters. The van der Waals surface area contributed by atoms with Crippen LogP contribution < -0.4 is 10.6 Å². The van der Waals surface area contributed by atoms with Gasteiger partial charge >= 0.3 is 0 Å². The maximum Gasteiger partial charge on any atom is 0.0995 e. The third-order valence-electron chi connectivity index (χ3n) is 3.62. The van der Waals surface area contributed by atoms with Crippen LogP contribution >= 0.6 is 0 Å². The Morgan fingerprint density at radius 3 is 2.84 bits per heavy atom. The van der Waals surface area contributed by atoms with Gasteiger partial charge in [-0.05, 0) is 29.7 Å². The number of nitrogens with zero attached hydrogens (tertiary/aromatic N) is 2. The Bertz CT molecular complexity index is 655. The zero-order chi connectivity index (χ0) is 13.2. The lowest BCUT2D eigenvalue weighted by Gasteiger charge is -2.21. The van der Waals surface area contributed by atoms with Crippen molar-refractivity contribution in [1.29, 1.82) is 5.26 Å². The summed E-state index contributed by atoms with van der Waals surface area (Å²) in [5.74, 6) is 0. The number of para-hydroxylation sites is 1. The molecule has 2 aromatic rings. The van der Waals surface area contributed by atoms with Crippen molar-refractivity contribution in [2.24, 2.45) is 0 Å². The van der Waals surface area contributed by atoms with E-state index in [9.17, 15) is 0 Å².